The monoisotopic (exact) mass is 240 g/mol. The number of amides is 1. The van der Waals surface area contributed by atoms with Crippen molar-refractivity contribution in [2.45, 2.75) is 39.3 Å². The molecule has 94 valence electrons. The molecule has 1 heterocycles. The van der Waals surface area contributed by atoms with Crippen LogP contribution in [0.4, 0.5) is 0 Å². The fourth-order valence-corrected chi connectivity index (χ4v) is 1.35. The third-order valence-electron chi connectivity index (χ3n) is 2.27. The van der Waals surface area contributed by atoms with E-state index in [1.807, 2.05) is 11.5 Å². The molecule has 0 fully saturated rings. The zero-order valence-electron chi connectivity index (χ0n) is 9.72. The van der Waals surface area contributed by atoms with Gasteiger partial charge in [0.05, 0.1) is 6.54 Å². The number of carbonyl (C=O) groups is 2. The van der Waals surface area contributed by atoms with E-state index in [0.717, 1.165) is 6.54 Å². The van der Waals surface area contributed by atoms with Gasteiger partial charge >= 0.3 is 5.97 Å². The molecule has 1 aromatic heterocycles. The summed E-state index contributed by atoms with van der Waals surface area (Å²) in [4.78, 5) is 21.6. The van der Waals surface area contributed by atoms with Gasteiger partial charge in [0.25, 0.3) is 0 Å². The van der Waals surface area contributed by atoms with E-state index in [1.165, 1.54) is 0 Å². The van der Waals surface area contributed by atoms with Gasteiger partial charge in [-0.2, -0.15) is 0 Å². The van der Waals surface area contributed by atoms with Gasteiger partial charge < -0.3 is 15.0 Å². The smallest absolute Gasteiger partial charge is 0.303 e. The van der Waals surface area contributed by atoms with Crippen molar-refractivity contribution in [3.63, 3.8) is 0 Å². The van der Waals surface area contributed by atoms with Crippen LogP contribution in [0.25, 0.3) is 0 Å². The molecular weight excluding hydrogens is 224 g/mol. The zero-order chi connectivity index (χ0) is 12.7. The zero-order valence-corrected chi connectivity index (χ0v) is 9.72. The van der Waals surface area contributed by atoms with E-state index in [0.29, 0.717) is 18.8 Å². The van der Waals surface area contributed by atoms with Crippen molar-refractivity contribution >= 4 is 11.9 Å². The number of hydrogen-bond donors (Lipinski definition) is 2. The maximum atomic E-state index is 11.4. The van der Waals surface area contributed by atoms with Gasteiger partial charge in [-0.1, -0.05) is 0 Å². The first-order chi connectivity index (χ1) is 8.13. The minimum atomic E-state index is -0.886. The Balaban J connectivity index is 2.26. The van der Waals surface area contributed by atoms with Gasteiger partial charge in [-0.15, -0.1) is 10.2 Å². The van der Waals surface area contributed by atoms with E-state index in [2.05, 4.69) is 15.5 Å². The Labute approximate surface area is 98.8 Å². The summed E-state index contributed by atoms with van der Waals surface area (Å²) in [5.41, 5.74) is 0. The number of carbonyl (C=O) groups excluding carboxylic acids is 1. The van der Waals surface area contributed by atoms with Crippen LogP contribution in [-0.2, 0) is 22.7 Å². The molecule has 17 heavy (non-hydrogen) atoms. The fourth-order valence-electron chi connectivity index (χ4n) is 1.35. The summed E-state index contributed by atoms with van der Waals surface area (Å²) in [5, 5.41) is 18.7. The second-order valence-electron chi connectivity index (χ2n) is 3.56. The average Bonchev–Trinajstić information content (AvgIpc) is 2.73. The molecule has 0 aliphatic heterocycles. The lowest BCUT2D eigenvalue weighted by Gasteiger charge is -2.05. The molecule has 0 aliphatic carbocycles. The van der Waals surface area contributed by atoms with Crippen LogP contribution in [-0.4, -0.2) is 31.7 Å². The summed E-state index contributed by atoms with van der Waals surface area (Å²) in [6, 6.07) is 0. The van der Waals surface area contributed by atoms with Crippen LogP contribution in [0.3, 0.4) is 0 Å². The van der Waals surface area contributed by atoms with Crippen molar-refractivity contribution < 1.29 is 14.7 Å². The maximum Gasteiger partial charge on any atom is 0.303 e. The lowest BCUT2D eigenvalue weighted by Crippen LogP contribution is -2.24. The van der Waals surface area contributed by atoms with Crippen LogP contribution in [0.5, 0.6) is 0 Å². The molecular formula is C10H16N4O3. The Hall–Kier alpha value is -1.92. The molecule has 0 radical (unpaired) electrons. The van der Waals surface area contributed by atoms with Gasteiger partial charge in [-0.25, -0.2) is 0 Å². The van der Waals surface area contributed by atoms with E-state index in [9.17, 15) is 9.59 Å². The molecule has 7 nitrogen and oxygen atoms in total. The highest BCUT2D eigenvalue weighted by molar-refractivity contribution is 5.76. The number of rotatable bonds is 7. The molecule has 0 saturated heterocycles. The quantitative estimate of drug-likeness (QED) is 0.708. The number of aliphatic carboxylic acids is 1. The van der Waals surface area contributed by atoms with E-state index in [-0.39, 0.29) is 18.7 Å². The molecule has 7 heteroatoms. The van der Waals surface area contributed by atoms with Crippen LogP contribution in [0.2, 0.25) is 0 Å². The Kier molecular flexibility index (Phi) is 5.12. The van der Waals surface area contributed by atoms with Gasteiger partial charge in [0.1, 0.15) is 6.33 Å². The molecule has 0 spiro atoms. The summed E-state index contributed by atoms with van der Waals surface area (Å²) < 4.78 is 1.83. The molecule has 0 aromatic carbocycles. The van der Waals surface area contributed by atoms with Gasteiger partial charge in [-0.05, 0) is 13.3 Å². The first kappa shape index (κ1) is 13.1. The predicted molar refractivity (Wildman–Crippen MR) is 59.0 cm³/mol. The highest BCUT2D eigenvalue weighted by atomic mass is 16.4. The van der Waals surface area contributed by atoms with Crippen molar-refractivity contribution in [1.82, 2.24) is 20.1 Å². The number of carboxylic acid groups (broad SMARTS) is 1. The van der Waals surface area contributed by atoms with E-state index in [4.69, 9.17) is 5.11 Å². The molecule has 0 unspecified atom stereocenters. The molecule has 1 amide bonds. The Morgan fingerprint density at radius 1 is 1.47 bits per heavy atom. The number of carboxylic acids is 1. The third kappa shape index (κ3) is 4.62. The molecule has 0 saturated carbocycles. The first-order valence-corrected chi connectivity index (χ1v) is 5.48. The predicted octanol–water partition coefficient (Wildman–Crippen LogP) is 0.169. The van der Waals surface area contributed by atoms with Gasteiger partial charge in [0.2, 0.25) is 5.91 Å². The molecule has 0 bridgehead atoms. The largest absolute Gasteiger partial charge is 0.481 e. The molecule has 0 aliphatic rings. The van der Waals surface area contributed by atoms with E-state index >= 15 is 0 Å². The standard InChI is InChI=1S/C10H16N4O3/c1-2-14-7-12-13-8(14)6-11-9(15)4-3-5-10(16)17/h7H,2-6H2,1H3,(H,11,15)(H,16,17). The maximum absolute atomic E-state index is 11.4. The van der Waals surface area contributed by atoms with Crippen LogP contribution in [0, 0.1) is 0 Å². The Bertz CT molecular complexity index is 389. The van der Waals surface area contributed by atoms with Crippen molar-refractivity contribution in [2.24, 2.45) is 0 Å². The second kappa shape index (κ2) is 6.62. The van der Waals surface area contributed by atoms with Crippen molar-refractivity contribution in [1.29, 1.82) is 0 Å². The van der Waals surface area contributed by atoms with Crippen molar-refractivity contribution in [2.75, 3.05) is 0 Å². The highest BCUT2D eigenvalue weighted by Gasteiger charge is 2.06. The topological polar surface area (TPSA) is 97.1 Å². The molecule has 1 aromatic rings. The minimum absolute atomic E-state index is 0.0125. The lowest BCUT2D eigenvalue weighted by molar-refractivity contribution is -0.137. The highest BCUT2D eigenvalue weighted by Crippen LogP contribution is 1.97. The minimum Gasteiger partial charge on any atom is -0.481 e. The number of aromatic nitrogens is 3. The molecule has 2 N–H and O–H groups in total. The Morgan fingerprint density at radius 2 is 2.24 bits per heavy atom. The van der Waals surface area contributed by atoms with Gasteiger partial charge in [0.15, 0.2) is 5.82 Å². The number of aryl methyl sites for hydroxylation is 1. The van der Waals surface area contributed by atoms with Gasteiger partial charge in [0, 0.05) is 19.4 Å². The van der Waals surface area contributed by atoms with Crippen LogP contribution in [0.1, 0.15) is 32.0 Å². The summed E-state index contributed by atoms with van der Waals surface area (Å²) in [7, 11) is 0. The number of hydrogen-bond acceptors (Lipinski definition) is 4. The lowest BCUT2D eigenvalue weighted by atomic mass is 10.2. The van der Waals surface area contributed by atoms with Crippen LogP contribution >= 0.6 is 0 Å². The molecule has 0 atom stereocenters. The second-order valence-corrected chi connectivity index (χ2v) is 3.56. The van der Waals surface area contributed by atoms with Crippen LogP contribution < -0.4 is 5.32 Å². The summed E-state index contributed by atoms with van der Waals surface area (Å²) >= 11 is 0. The van der Waals surface area contributed by atoms with Gasteiger partial charge in [-0.3, -0.25) is 9.59 Å². The van der Waals surface area contributed by atoms with Crippen molar-refractivity contribution in [3.05, 3.63) is 12.2 Å². The van der Waals surface area contributed by atoms with E-state index < -0.39 is 5.97 Å². The number of nitrogens with one attached hydrogen (secondary N) is 1. The summed E-state index contributed by atoms with van der Waals surface area (Å²) in [6.45, 7) is 3.03. The summed E-state index contributed by atoms with van der Waals surface area (Å²) in [5.74, 6) is -0.362. The SMILES string of the molecule is CCn1cnnc1CNC(=O)CCCC(=O)O. The normalized spacial score (nSPS) is 10.2. The van der Waals surface area contributed by atoms with Crippen molar-refractivity contribution in [3.8, 4) is 0 Å². The molecule has 1 rings (SSSR count). The fraction of sp³-hybridized carbons (Fsp3) is 0.600. The Morgan fingerprint density at radius 3 is 2.88 bits per heavy atom. The van der Waals surface area contributed by atoms with Crippen LogP contribution in [0.15, 0.2) is 6.33 Å². The number of nitrogens with zero attached hydrogens (tertiary/aromatic N) is 3. The summed E-state index contributed by atoms with van der Waals surface area (Å²) in [6.07, 6.45) is 2.18. The third-order valence-corrected chi connectivity index (χ3v) is 2.27. The van der Waals surface area contributed by atoms with E-state index in [1.54, 1.807) is 6.33 Å². The average molecular weight is 240 g/mol. The first-order valence-electron chi connectivity index (χ1n) is 5.48.